The van der Waals surface area contributed by atoms with Crippen LogP contribution in [0.15, 0.2) is 60.7 Å². The predicted octanol–water partition coefficient (Wildman–Crippen LogP) is 3.22. The Bertz CT molecular complexity index is 459. The SMILES string of the molecule is O=[PH](O)OCC(c1ccccc1)c1ccccc1. The van der Waals surface area contributed by atoms with E-state index in [4.69, 9.17) is 9.42 Å². The van der Waals surface area contributed by atoms with Gasteiger partial charge in [0.1, 0.15) is 0 Å². The summed E-state index contributed by atoms with van der Waals surface area (Å²) in [7, 11) is -2.89. The van der Waals surface area contributed by atoms with E-state index in [0.717, 1.165) is 11.1 Å². The Hall–Kier alpha value is -1.41. The smallest absolute Gasteiger partial charge is 0.316 e. The van der Waals surface area contributed by atoms with Gasteiger partial charge in [-0.1, -0.05) is 60.7 Å². The Morgan fingerprint density at radius 3 is 1.78 bits per heavy atom. The maximum Gasteiger partial charge on any atom is 0.316 e. The van der Waals surface area contributed by atoms with Crippen molar-refractivity contribution in [3.63, 3.8) is 0 Å². The zero-order valence-corrected chi connectivity index (χ0v) is 10.8. The molecule has 3 nitrogen and oxygen atoms in total. The molecular formula is C14H15O3P. The summed E-state index contributed by atoms with van der Waals surface area (Å²) in [6.45, 7) is 0.211. The molecule has 1 unspecified atom stereocenters. The minimum atomic E-state index is -2.89. The summed E-state index contributed by atoms with van der Waals surface area (Å²) >= 11 is 0. The van der Waals surface area contributed by atoms with Crippen LogP contribution in [-0.4, -0.2) is 11.5 Å². The van der Waals surface area contributed by atoms with Gasteiger partial charge in [-0.2, -0.15) is 0 Å². The maximum absolute atomic E-state index is 10.7. The zero-order valence-electron chi connectivity index (χ0n) is 9.82. The van der Waals surface area contributed by atoms with Crippen molar-refractivity contribution in [1.82, 2.24) is 0 Å². The van der Waals surface area contributed by atoms with Gasteiger partial charge in [0.2, 0.25) is 0 Å². The lowest BCUT2D eigenvalue weighted by Gasteiger charge is -2.17. The van der Waals surface area contributed by atoms with E-state index in [-0.39, 0.29) is 12.5 Å². The highest BCUT2D eigenvalue weighted by Crippen LogP contribution is 2.28. The summed E-state index contributed by atoms with van der Waals surface area (Å²) in [5.74, 6) is -0.0199. The molecular weight excluding hydrogens is 247 g/mol. The first-order valence-electron chi connectivity index (χ1n) is 5.73. The van der Waals surface area contributed by atoms with Crippen molar-refractivity contribution in [3.05, 3.63) is 71.8 Å². The molecule has 2 aromatic rings. The lowest BCUT2D eigenvalue weighted by Crippen LogP contribution is -2.07. The third kappa shape index (κ3) is 3.54. The van der Waals surface area contributed by atoms with Crippen LogP contribution < -0.4 is 0 Å². The first kappa shape index (κ1) is 13.0. The zero-order chi connectivity index (χ0) is 12.8. The molecule has 0 fully saturated rings. The van der Waals surface area contributed by atoms with Crippen LogP contribution in [0, 0.1) is 0 Å². The highest BCUT2D eigenvalue weighted by atomic mass is 31.1. The summed E-state index contributed by atoms with van der Waals surface area (Å²) in [5.41, 5.74) is 2.15. The van der Waals surface area contributed by atoms with Crippen LogP contribution in [0.4, 0.5) is 0 Å². The lowest BCUT2D eigenvalue weighted by atomic mass is 9.92. The molecule has 1 atom stereocenters. The van der Waals surface area contributed by atoms with Gasteiger partial charge in [-0.25, -0.2) is 0 Å². The first-order valence-corrected chi connectivity index (χ1v) is 6.99. The average Bonchev–Trinajstić information content (AvgIpc) is 2.41. The fraction of sp³-hybridized carbons (Fsp3) is 0.143. The van der Waals surface area contributed by atoms with E-state index >= 15 is 0 Å². The molecule has 1 N–H and O–H groups in total. The molecule has 0 aromatic heterocycles. The Labute approximate surface area is 107 Å². The molecule has 2 aromatic carbocycles. The number of hydrogen-bond acceptors (Lipinski definition) is 2. The number of benzene rings is 2. The van der Waals surface area contributed by atoms with Crippen molar-refractivity contribution in [2.75, 3.05) is 6.61 Å². The Balaban J connectivity index is 2.26. The van der Waals surface area contributed by atoms with Crippen LogP contribution in [0.1, 0.15) is 17.0 Å². The fourth-order valence-electron chi connectivity index (χ4n) is 1.91. The second-order valence-corrected chi connectivity index (χ2v) is 4.77. The maximum atomic E-state index is 10.7. The molecule has 0 aliphatic heterocycles. The molecule has 0 saturated heterocycles. The normalized spacial score (nSPS) is 12.6. The van der Waals surface area contributed by atoms with Crippen LogP contribution in [0.25, 0.3) is 0 Å². The minimum absolute atomic E-state index is 0.0199. The van der Waals surface area contributed by atoms with Gasteiger partial charge in [0.15, 0.2) is 0 Å². The van der Waals surface area contributed by atoms with E-state index in [1.807, 2.05) is 60.7 Å². The molecule has 94 valence electrons. The molecule has 0 amide bonds. The van der Waals surface area contributed by atoms with Gasteiger partial charge < -0.3 is 9.42 Å². The highest BCUT2D eigenvalue weighted by Gasteiger charge is 2.14. The van der Waals surface area contributed by atoms with Crippen molar-refractivity contribution >= 4 is 8.25 Å². The largest absolute Gasteiger partial charge is 0.326 e. The van der Waals surface area contributed by atoms with Gasteiger partial charge in [0.25, 0.3) is 0 Å². The summed E-state index contributed by atoms with van der Waals surface area (Å²) in [4.78, 5) is 8.82. The van der Waals surface area contributed by atoms with Crippen molar-refractivity contribution in [2.24, 2.45) is 0 Å². The summed E-state index contributed by atoms with van der Waals surface area (Å²) in [5, 5.41) is 0. The van der Waals surface area contributed by atoms with Crippen LogP contribution in [0.3, 0.4) is 0 Å². The molecule has 0 heterocycles. The van der Waals surface area contributed by atoms with Crippen molar-refractivity contribution < 1.29 is 14.0 Å². The third-order valence-electron chi connectivity index (χ3n) is 2.78. The number of hydrogen-bond donors (Lipinski definition) is 1. The van der Waals surface area contributed by atoms with Crippen molar-refractivity contribution in [1.29, 1.82) is 0 Å². The Morgan fingerprint density at radius 1 is 0.944 bits per heavy atom. The first-order chi connectivity index (χ1) is 8.77. The molecule has 0 bridgehead atoms. The topological polar surface area (TPSA) is 46.5 Å². The molecule has 18 heavy (non-hydrogen) atoms. The second-order valence-electron chi connectivity index (χ2n) is 3.95. The average molecular weight is 262 g/mol. The molecule has 0 saturated carbocycles. The van der Waals surface area contributed by atoms with Crippen LogP contribution in [0.5, 0.6) is 0 Å². The van der Waals surface area contributed by atoms with Gasteiger partial charge in [-0.3, -0.25) is 4.57 Å². The summed E-state index contributed by atoms with van der Waals surface area (Å²) in [6.07, 6.45) is 0. The lowest BCUT2D eigenvalue weighted by molar-refractivity contribution is 0.272. The Kier molecular flexibility index (Phi) is 4.71. The van der Waals surface area contributed by atoms with Gasteiger partial charge >= 0.3 is 8.25 Å². The highest BCUT2D eigenvalue weighted by molar-refractivity contribution is 7.32. The standard InChI is InChI=1S/C14H15O3P/c15-18(16)17-11-14(12-7-3-1-4-8-12)13-9-5-2-6-10-13/h1-10,14,18H,11H2,(H,15,16). The van der Waals surface area contributed by atoms with Gasteiger partial charge in [0.05, 0.1) is 6.61 Å². The summed E-state index contributed by atoms with van der Waals surface area (Å²) < 4.78 is 15.6. The van der Waals surface area contributed by atoms with E-state index in [1.165, 1.54) is 0 Å². The monoisotopic (exact) mass is 262 g/mol. The van der Waals surface area contributed by atoms with Crippen molar-refractivity contribution in [3.8, 4) is 0 Å². The van der Waals surface area contributed by atoms with Crippen LogP contribution >= 0.6 is 8.25 Å². The summed E-state index contributed by atoms with van der Waals surface area (Å²) in [6, 6.07) is 19.7. The minimum Gasteiger partial charge on any atom is -0.326 e. The van der Waals surface area contributed by atoms with Crippen LogP contribution in [-0.2, 0) is 9.09 Å². The third-order valence-corrected chi connectivity index (χ3v) is 3.19. The van der Waals surface area contributed by atoms with Crippen molar-refractivity contribution in [2.45, 2.75) is 5.92 Å². The van der Waals surface area contributed by atoms with E-state index in [9.17, 15) is 4.57 Å². The van der Waals surface area contributed by atoms with E-state index in [0.29, 0.717) is 0 Å². The van der Waals surface area contributed by atoms with Gasteiger partial charge in [-0.05, 0) is 11.1 Å². The van der Waals surface area contributed by atoms with Crippen LogP contribution in [0.2, 0.25) is 0 Å². The van der Waals surface area contributed by atoms with E-state index in [2.05, 4.69) is 0 Å². The molecule has 4 heteroatoms. The fourth-order valence-corrected chi connectivity index (χ4v) is 2.22. The molecule has 0 spiro atoms. The predicted molar refractivity (Wildman–Crippen MR) is 71.9 cm³/mol. The second kappa shape index (κ2) is 6.50. The number of rotatable bonds is 5. The van der Waals surface area contributed by atoms with Gasteiger partial charge in [0, 0.05) is 5.92 Å². The quantitative estimate of drug-likeness (QED) is 0.841. The molecule has 0 aliphatic carbocycles. The van der Waals surface area contributed by atoms with E-state index < -0.39 is 8.25 Å². The molecule has 0 radical (unpaired) electrons. The van der Waals surface area contributed by atoms with E-state index in [1.54, 1.807) is 0 Å². The molecule has 2 rings (SSSR count). The Morgan fingerprint density at radius 2 is 1.39 bits per heavy atom. The molecule has 0 aliphatic rings. The van der Waals surface area contributed by atoms with Gasteiger partial charge in [-0.15, -0.1) is 0 Å².